The third-order valence-corrected chi connectivity index (χ3v) is 10.6. The van der Waals surface area contributed by atoms with Gasteiger partial charge in [-0.25, -0.2) is 4.79 Å². The molecule has 4 aromatic rings. The Kier molecular flexibility index (Phi) is 14.2. The van der Waals surface area contributed by atoms with Gasteiger partial charge in [0.25, 0.3) is 0 Å². The molecule has 2 heterocycles. The van der Waals surface area contributed by atoms with E-state index in [0.717, 1.165) is 33.2 Å². The molecule has 14 heteroatoms. The zero-order valence-electron chi connectivity index (χ0n) is 31.7. The second-order valence-corrected chi connectivity index (χ2v) is 14.3. The molecule has 0 bridgehead atoms. The lowest BCUT2D eigenvalue weighted by Crippen LogP contribution is -2.70. The Labute approximate surface area is 326 Å². The number of aromatic amines is 1. The monoisotopic (exact) mass is 761 g/mol. The number of primary amides is 2. The van der Waals surface area contributed by atoms with Crippen LogP contribution in [-0.2, 0) is 38.6 Å². The number of para-hydroxylation sites is 1. The Balaban J connectivity index is 1.53. The number of rotatable bonds is 18. The molecule has 0 radical (unpaired) electrons. The van der Waals surface area contributed by atoms with E-state index < -0.39 is 53.2 Å². The number of nitrogens with zero attached hydrogens (tertiary/aromatic N) is 2. The van der Waals surface area contributed by atoms with Crippen LogP contribution < -0.4 is 32.7 Å². The van der Waals surface area contributed by atoms with Crippen LogP contribution in [0.4, 0.5) is 4.79 Å². The van der Waals surface area contributed by atoms with Crippen molar-refractivity contribution in [1.82, 2.24) is 31.2 Å². The van der Waals surface area contributed by atoms with Crippen molar-refractivity contribution in [3.8, 4) is 6.07 Å². The van der Waals surface area contributed by atoms with E-state index in [1.165, 1.54) is 4.90 Å². The smallest absolute Gasteiger partial charge is 0.312 e. The molecule has 1 aliphatic heterocycles. The van der Waals surface area contributed by atoms with Crippen molar-refractivity contribution in [2.45, 2.75) is 76.0 Å². The lowest BCUT2D eigenvalue weighted by atomic mass is 9.71. The lowest BCUT2D eigenvalue weighted by Gasteiger charge is -2.50. The van der Waals surface area contributed by atoms with Crippen molar-refractivity contribution in [3.05, 3.63) is 107 Å². The molecule has 1 unspecified atom stereocenters. The Bertz CT molecular complexity index is 2030. The molecule has 14 nitrogen and oxygen atoms in total. The number of nitrogens with two attached hydrogens (primary N) is 2. The number of hydrogen-bond donors (Lipinski definition) is 7. The van der Waals surface area contributed by atoms with Crippen LogP contribution in [0.2, 0.25) is 0 Å². The highest BCUT2D eigenvalue weighted by molar-refractivity contribution is 5.99. The van der Waals surface area contributed by atoms with Gasteiger partial charge >= 0.3 is 6.03 Å². The van der Waals surface area contributed by atoms with Gasteiger partial charge in [-0.05, 0) is 74.6 Å². The summed E-state index contributed by atoms with van der Waals surface area (Å²) >= 11 is 0. The normalized spacial score (nSPS) is 16.9. The summed E-state index contributed by atoms with van der Waals surface area (Å²) in [5, 5.41) is 21.7. The number of piperidine rings is 1. The maximum atomic E-state index is 15.0. The molecule has 4 atom stereocenters. The first-order valence-electron chi connectivity index (χ1n) is 19.0. The van der Waals surface area contributed by atoms with Gasteiger partial charge in [0.2, 0.25) is 23.6 Å². The molecule has 5 rings (SSSR count). The van der Waals surface area contributed by atoms with Gasteiger partial charge in [0.1, 0.15) is 11.6 Å². The van der Waals surface area contributed by atoms with Crippen LogP contribution in [0.5, 0.6) is 0 Å². The van der Waals surface area contributed by atoms with Gasteiger partial charge in [-0.2, -0.15) is 5.26 Å². The highest BCUT2D eigenvalue weighted by Gasteiger charge is 2.56. The first-order valence-corrected chi connectivity index (χ1v) is 19.0. The summed E-state index contributed by atoms with van der Waals surface area (Å²) in [5.74, 6) is -3.61. The number of urea groups is 1. The largest absolute Gasteiger partial charge is 0.368 e. The van der Waals surface area contributed by atoms with E-state index in [2.05, 4.69) is 26.3 Å². The van der Waals surface area contributed by atoms with E-state index in [0.29, 0.717) is 19.3 Å². The molecule has 294 valence electrons. The number of aromatic nitrogens is 1. The number of fused-ring (bicyclic) bond motifs is 1. The first-order chi connectivity index (χ1) is 27.0. The van der Waals surface area contributed by atoms with Gasteiger partial charge in [0.05, 0.1) is 24.6 Å². The van der Waals surface area contributed by atoms with E-state index >= 15 is 0 Å². The van der Waals surface area contributed by atoms with Crippen molar-refractivity contribution < 1.29 is 24.0 Å². The topological polar surface area (TPSA) is 228 Å². The van der Waals surface area contributed by atoms with Crippen LogP contribution in [0.1, 0.15) is 54.4 Å². The fraction of sp³-hybridized carbons (Fsp3) is 0.381. The summed E-state index contributed by atoms with van der Waals surface area (Å²) in [5.41, 5.74) is 14.2. The van der Waals surface area contributed by atoms with Gasteiger partial charge in [0.15, 0.2) is 0 Å². The summed E-state index contributed by atoms with van der Waals surface area (Å²) in [7, 11) is 0. The lowest BCUT2D eigenvalue weighted by molar-refractivity contribution is -0.159. The maximum absolute atomic E-state index is 15.0. The molecule has 1 aromatic heterocycles. The summed E-state index contributed by atoms with van der Waals surface area (Å²) in [6, 6.07) is 23.9. The number of amides is 6. The highest BCUT2D eigenvalue weighted by Crippen LogP contribution is 2.39. The van der Waals surface area contributed by atoms with Crippen LogP contribution in [-0.4, -0.2) is 76.8 Å². The van der Waals surface area contributed by atoms with Crippen LogP contribution in [0.25, 0.3) is 10.9 Å². The second kappa shape index (κ2) is 19.4. The Morgan fingerprint density at radius 2 is 1.61 bits per heavy atom. The first kappa shape index (κ1) is 41.0. The van der Waals surface area contributed by atoms with Crippen LogP contribution in [0.3, 0.4) is 0 Å². The molecule has 0 aliphatic carbocycles. The maximum Gasteiger partial charge on any atom is 0.312 e. The molecule has 9 N–H and O–H groups in total. The van der Waals surface area contributed by atoms with Gasteiger partial charge in [0, 0.05) is 36.7 Å². The van der Waals surface area contributed by atoms with E-state index in [9.17, 15) is 29.2 Å². The SMILES string of the molecule is Cc1ccc(CNC(=O)[C@H](CCCNC(N)=O)NC(=O)[C@@H](Cc2c[nH]c3ccccc23)C2(C(N)=O)CCCCN2C(=O)[C@H](Cc2ccccc2)NCC#N)cc1. The number of nitriles is 1. The number of carbonyl (C=O) groups is 5. The Hall–Kier alpha value is -6.20. The average molecular weight is 762 g/mol. The van der Waals surface area contributed by atoms with Crippen molar-refractivity contribution in [3.63, 3.8) is 0 Å². The quantitative estimate of drug-likeness (QED) is 0.0592. The zero-order valence-corrected chi connectivity index (χ0v) is 31.7. The molecule has 3 aromatic carbocycles. The summed E-state index contributed by atoms with van der Waals surface area (Å²) < 4.78 is 0. The minimum absolute atomic E-state index is 0.0124. The number of benzene rings is 3. The van der Waals surface area contributed by atoms with Gasteiger partial charge in [-0.1, -0.05) is 78.4 Å². The Morgan fingerprint density at radius 3 is 2.32 bits per heavy atom. The van der Waals surface area contributed by atoms with Gasteiger partial charge in [-0.3, -0.25) is 24.5 Å². The van der Waals surface area contributed by atoms with Crippen molar-refractivity contribution in [2.24, 2.45) is 17.4 Å². The molecule has 0 saturated carbocycles. The van der Waals surface area contributed by atoms with Gasteiger partial charge in [-0.15, -0.1) is 0 Å². The number of hydrogen-bond acceptors (Lipinski definition) is 7. The molecule has 1 saturated heterocycles. The second-order valence-electron chi connectivity index (χ2n) is 14.3. The minimum atomic E-state index is -1.79. The van der Waals surface area contributed by atoms with E-state index in [-0.39, 0.29) is 51.9 Å². The van der Waals surface area contributed by atoms with Crippen LogP contribution in [0.15, 0.2) is 85.1 Å². The van der Waals surface area contributed by atoms with Crippen molar-refractivity contribution >= 4 is 40.6 Å². The minimum Gasteiger partial charge on any atom is -0.368 e. The molecular formula is C42H51N9O5. The third kappa shape index (κ3) is 10.1. The molecule has 1 fully saturated rings. The van der Waals surface area contributed by atoms with Crippen LogP contribution >= 0.6 is 0 Å². The van der Waals surface area contributed by atoms with E-state index in [1.807, 2.05) is 91.9 Å². The summed E-state index contributed by atoms with van der Waals surface area (Å²) in [4.78, 5) is 73.8. The predicted molar refractivity (Wildman–Crippen MR) is 212 cm³/mol. The molecule has 1 aliphatic rings. The number of H-pyrrole nitrogens is 1. The van der Waals surface area contributed by atoms with E-state index in [1.54, 1.807) is 6.20 Å². The number of aryl methyl sites for hydroxylation is 1. The predicted octanol–water partition coefficient (Wildman–Crippen LogP) is 2.85. The van der Waals surface area contributed by atoms with E-state index in [4.69, 9.17) is 11.5 Å². The molecule has 0 spiro atoms. The standard InChI is InChI=1S/C42H51N9O5/c1-28-15-17-30(18-16-28)26-49-38(53)35(14-9-21-47-41(45)56)50-37(52)33(25-31-27-48-34-13-6-5-12-32(31)34)42(40(44)55)19-7-8-23-51(42)39(54)36(46-22-20-43)24-29-10-3-2-4-11-29/h2-6,10-13,15-18,27,33,35-36,46,48H,7-9,14,19,21-26H2,1H3,(H2,44,55)(H,49,53)(H,50,52)(H3,45,47,56)/t33-,35+,36+,42?/m1/s1. The van der Waals surface area contributed by atoms with Crippen molar-refractivity contribution in [2.75, 3.05) is 19.6 Å². The summed E-state index contributed by atoms with van der Waals surface area (Å²) in [6.07, 6.45) is 3.65. The fourth-order valence-corrected chi connectivity index (χ4v) is 7.63. The third-order valence-electron chi connectivity index (χ3n) is 10.6. The highest BCUT2D eigenvalue weighted by atomic mass is 16.2. The zero-order chi connectivity index (χ0) is 40.1. The molecule has 56 heavy (non-hydrogen) atoms. The molecule has 6 amide bonds. The molecular weight excluding hydrogens is 711 g/mol. The van der Waals surface area contributed by atoms with Gasteiger partial charge < -0.3 is 37.3 Å². The number of carbonyl (C=O) groups excluding carboxylic acids is 5. The number of nitrogens with one attached hydrogen (secondary N) is 5. The van der Waals surface area contributed by atoms with Crippen molar-refractivity contribution in [1.29, 1.82) is 5.26 Å². The number of likely N-dealkylation sites (tertiary alicyclic amines) is 1. The van der Waals surface area contributed by atoms with Crippen LogP contribution in [0, 0.1) is 24.2 Å². The Morgan fingerprint density at radius 1 is 0.875 bits per heavy atom. The average Bonchev–Trinajstić information content (AvgIpc) is 3.61. The fourth-order valence-electron chi connectivity index (χ4n) is 7.63. The summed E-state index contributed by atoms with van der Waals surface area (Å²) in [6.45, 7) is 2.36.